The van der Waals surface area contributed by atoms with Gasteiger partial charge in [-0.3, -0.25) is 9.48 Å². The first-order chi connectivity index (χ1) is 7.97. The minimum Gasteiger partial charge on any atom is -0.337 e. The molecule has 5 heteroatoms. The van der Waals surface area contributed by atoms with Gasteiger partial charge in [-0.15, -0.1) is 0 Å². The molecule has 2 rings (SSSR count). The van der Waals surface area contributed by atoms with Crippen LogP contribution in [0.4, 0.5) is 0 Å². The van der Waals surface area contributed by atoms with Gasteiger partial charge >= 0.3 is 0 Å². The van der Waals surface area contributed by atoms with Crippen LogP contribution in [0.5, 0.6) is 0 Å². The predicted molar refractivity (Wildman–Crippen MR) is 74.8 cm³/mol. The highest BCUT2D eigenvalue weighted by Gasteiger charge is 2.28. The Labute approximate surface area is 116 Å². The normalized spacial score (nSPS) is 25.1. The summed E-state index contributed by atoms with van der Waals surface area (Å²) in [4.78, 5) is 14.3. The first-order valence-corrected chi connectivity index (χ1v) is 7.03. The van der Waals surface area contributed by atoms with Crippen molar-refractivity contribution < 1.29 is 4.79 Å². The van der Waals surface area contributed by atoms with Crippen LogP contribution in [0.25, 0.3) is 0 Å². The minimum atomic E-state index is 0.0772. The summed E-state index contributed by atoms with van der Waals surface area (Å²) in [6, 6.07) is 0. The van der Waals surface area contributed by atoms with Crippen LogP contribution < -0.4 is 0 Å². The van der Waals surface area contributed by atoms with E-state index in [0.717, 1.165) is 16.7 Å². The molecule has 0 saturated carbocycles. The summed E-state index contributed by atoms with van der Waals surface area (Å²) in [6.07, 6.45) is 3.09. The number of aromatic nitrogens is 2. The Kier molecular flexibility index (Phi) is 3.75. The Morgan fingerprint density at radius 3 is 2.47 bits per heavy atom. The molecule has 1 aliphatic rings. The summed E-state index contributed by atoms with van der Waals surface area (Å²) < 4.78 is 2.63. The molecule has 0 bridgehead atoms. The summed E-state index contributed by atoms with van der Waals surface area (Å²) in [5, 5.41) is 4.25. The molecule has 1 aliphatic heterocycles. The van der Waals surface area contributed by atoms with Crippen molar-refractivity contribution in [2.75, 3.05) is 13.1 Å². The van der Waals surface area contributed by atoms with Crippen LogP contribution in [0.15, 0.2) is 6.20 Å². The lowest BCUT2D eigenvalue weighted by molar-refractivity contribution is 0.0615. The van der Waals surface area contributed by atoms with Gasteiger partial charge in [-0.1, -0.05) is 13.8 Å². The van der Waals surface area contributed by atoms with Crippen LogP contribution in [-0.4, -0.2) is 33.7 Å². The van der Waals surface area contributed by atoms with Crippen LogP contribution in [0, 0.1) is 15.4 Å². The van der Waals surface area contributed by atoms with E-state index in [1.807, 2.05) is 18.1 Å². The van der Waals surface area contributed by atoms with Gasteiger partial charge in [0.25, 0.3) is 5.91 Å². The zero-order chi connectivity index (χ0) is 12.6. The average Bonchev–Trinajstić information content (AvgIpc) is 2.55. The number of nitrogens with zero attached hydrogens (tertiary/aromatic N) is 3. The second-order valence-electron chi connectivity index (χ2n) is 5.16. The highest BCUT2D eigenvalue weighted by Crippen LogP contribution is 2.23. The molecular weight excluding hydrogens is 329 g/mol. The van der Waals surface area contributed by atoms with E-state index in [2.05, 4.69) is 41.5 Å². The molecule has 17 heavy (non-hydrogen) atoms. The van der Waals surface area contributed by atoms with Crippen LogP contribution in [0.3, 0.4) is 0 Å². The molecule has 0 N–H and O–H groups in total. The molecule has 1 aromatic heterocycles. The van der Waals surface area contributed by atoms with Crippen molar-refractivity contribution in [1.29, 1.82) is 0 Å². The summed E-state index contributed by atoms with van der Waals surface area (Å²) in [5.41, 5.74) is 0.592. The first kappa shape index (κ1) is 12.9. The van der Waals surface area contributed by atoms with E-state index in [4.69, 9.17) is 0 Å². The van der Waals surface area contributed by atoms with Gasteiger partial charge in [0.05, 0.1) is 3.57 Å². The number of hydrogen-bond donors (Lipinski definition) is 0. The minimum absolute atomic E-state index is 0.0772. The summed E-state index contributed by atoms with van der Waals surface area (Å²) >= 11 is 2.17. The van der Waals surface area contributed by atoms with Crippen molar-refractivity contribution in [3.05, 3.63) is 15.5 Å². The third kappa shape index (κ3) is 2.81. The second kappa shape index (κ2) is 4.96. The number of carbonyl (C=O) groups is 1. The molecule has 2 unspecified atom stereocenters. The Morgan fingerprint density at radius 2 is 2.00 bits per heavy atom. The molecule has 0 aromatic carbocycles. The summed E-state index contributed by atoms with van der Waals surface area (Å²) in [6.45, 7) is 6.13. The fraction of sp³-hybridized carbons (Fsp3) is 0.667. The van der Waals surface area contributed by atoms with Gasteiger partial charge in [-0.25, -0.2) is 0 Å². The van der Waals surface area contributed by atoms with Gasteiger partial charge in [0.2, 0.25) is 0 Å². The van der Waals surface area contributed by atoms with Crippen molar-refractivity contribution in [3.63, 3.8) is 0 Å². The second-order valence-corrected chi connectivity index (χ2v) is 6.32. The number of likely N-dealkylation sites (tertiary alicyclic amines) is 1. The molecule has 1 aromatic rings. The molecule has 2 heterocycles. The van der Waals surface area contributed by atoms with Crippen LogP contribution in [0.2, 0.25) is 0 Å². The van der Waals surface area contributed by atoms with Gasteiger partial charge in [0.15, 0.2) is 5.69 Å². The molecule has 0 spiro atoms. The highest BCUT2D eigenvalue weighted by molar-refractivity contribution is 14.1. The predicted octanol–water partition coefficient (Wildman–Crippen LogP) is 2.14. The lowest BCUT2D eigenvalue weighted by atomic mass is 9.92. The van der Waals surface area contributed by atoms with E-state index >= 15 is 0 Å². The summed E-state index contributed by atoms with van der Waals surface area (Å²) in [7, 11) is 1.85. The number of aryl methyl sites for hydroxylation is 1. The van der Waals surface area contributed by atoms with E-state index in [1.54, 1.807) is 4.68 Å². The molecule has 94 valence electrons. The number of rotatable bonds is 1. The Morgan fingerprint density at radius 1 is 1.41 bits per heavy atom. The molecule has 1 fully saturated rings. The van der Waals surface area contributed by atoms with Gasteiger partial charge in [-0.05, 0) is 40.8 Å². The quantitative estimate of drug-likeness (QED) is 0.730. The van der Waals surface area contributed by atoms with Crippen molar-refractivity contribution in [2.24, 2.45) is 18.9 Å². The Balaban J connectivity index is 2.17. The van der Waals surface area contributed by atoms with Gasteiger partial charge < -0.3 is 4.90 Å². The average molecular weight is 347 g/mol. The van der Waals surface area contributed by atoms with Crippen LogP contribution in [0.1, 0.15) is 30.8 Å². The summed E-state index contributed by atoms with van der Waals surface area (Å²) in [5.74, 6) is 1.25. The van der Waals surface area contributed by atoms with Crippen molar-refractivity contribution >= 4 is 28.5 Å². The lowest BCUT2D eigenvalue weighted by Gasteiger charge is -2.34. The van der Waals surface area contributed by atoms with Crippen molar-refractivity contribution in [3.8, 4) is 0 Å². The maximum absolute atomic E-state index is 12.4. The number of piperidine rings is 1. The van der Waals surface area contributed by atoms with Crippen LogP contribution >= 0.6 is 22.6 Å². The Hall–Kier alpha value is -0.590. The highest BCUT2D eigenvalue weighted by atomic mass is 127. The maximum atomic E-state index is 12.4. The molecular formula is C12H18IN3O. The fourth-order valence-electron chi connectivity index (χ4n) is 2.58. The molecule has 0 aliphatic carbocycles. The van der Waals surface area contributed by atoms with E-state index < -0.39 is 0 Å². The Bertz CT molecular complexity index is 419. The van der Waals surface area contributed by atoms with Crippen molar-refractivity contribution in [2.45, 2.75) is 20.3 Å². The third-order valence-electron chi connectivity index (χ3n) is 3.14. The zero-order valence-electron chi connectivity index (χ0n) is 10.5. The smallest absolute Gasteiger partial charge is 0.275 e. The lowest BCUT2D eigenvalue weighted by Crippen LogP contribution is -2.43. The standard InChI is InChI=1S/C12H18IN3O/c1-8-4-9(2)6-16(5-8)12(17)11-10(13)7-15(3)14-11/h7-9H,4-6H2,1-3H3. The molecule has 1 amide bonds. The van der Waals surface area contributed by atoms with E-state index in [1.165, 1.54) is 6.42 Å². The molecule has 1 saturated heterocycles. The monoisotopic (exact) mass is 347 g/mol. The van der Waals surface area contributed by atoms with E-state index in [0.29, 0.717) is 17.5 Å². The molecule has 2 atom stereocenters. The SMILES string of the molecule is CC1CC(C)CN(C(=O)c2nn(C)cc2I)C1. The van der Waals surface area contributed by atoms with Gasteiger partial charge in [0, 0.05) is 26.3 Å². The molecule has 0 radical (unpaired) electrons. The van der Waals surface area contributed by atoms with Gasteiger partial charge in [0.1, 0.15) is 0 Å². The number of carbonyl (C=O) groups excluding carboxylic acids is 1. The third-order valence-corrected chi connectivity index (χ3v) is 3.93. The van der Waals surface area contributed by atoms with E-state index in [9.17, 15) is 4.79 Å². The topological polar surface area (TPSA) is 38.1 Å². The van der Waals surface area contributed by atoms with E-state index in [-0.39, 0.29) is 5.91 Å². The molecule has 4 nitrogen and oxygen atoms in total. The number of halogens is 1. The first-order valence-electron chi connectivity index (χ1n) is 5.95. The fourth-order valence-corrected chi connectivity index (χ4v) is 3.32. The van der Waals surface area contributed by atoms with Crippen molar-refractivity contribution in [1.82, 2.24) is 14.7 Å². The van der Waals surface area contributed by atoms with Crippen LogP contribution in [-0.2, 0) is 7.05 Å². The maximum Gasteiger partial charge on any atom is 0.275 e. The number of hydrogen-bond acceptors (Lipinski definition) is 2. The van der Waals surface area contributed by atoms with Gasteiger partial charge in [-0.2, -0.15) is 5.10 Å². The zero-order valence-corrected chi connectivity index (χ0v) is 12.6. The number of amides is 1. The largest absolute Gasteiger partial charge is 0.337 e.